The minimum absolute atomic E-state index is 0.169. The molecule has 0 bridgehead atoms. The predicted octanol–water partition coefficient (Wildman–Crippen LogP) is 3.78. The van der Waals surface area contributed by atoms with E-state index in [2.05, 4.69) is 30.7 Å². The molecule has 3 nitrogen and oxygen atoms in total. The van der Waals surface area contributed by atoms with Gasteiger partial charge >= 0.3 is 0 Å². The summed E-state index contributed by atoms with van der Waals surface area (Å²) in [6, 6.07) is 2.13. The van der Waals surface area contributed by atoms with Gasteiger partial charge in [0.05, 0.1) is 5.52 Å². The molecule has 0 saturated heterocycles. The minimum Gasteiger partial charge on any atom is -0.342 e. The van der Waals surface area contributed by atoms with Crippen LogP contribution in [0.25, 0.3) is 11.0 Å². The van der Waals surface area contributed by atoms with Gasteiger partial charge in [-0.05, 0) is 36.8 Å². The van der Waals surface area contributed by atoms with E-state index >= 15 is 0 Å². The SMILES string of the molecule is CC(C)(C)C(CCN)CCc1nc2c(F)cc(F)cc2[nH]1. The molecule has 5 heteroatoms. The Morgan fingerprint density at radius 2 is 1.95 bits per heavy atom. The number of aromatic nitrogens is 2. The normalized spacial score (nSPS) is 13.8. The number of benzene rings is 1. The summed E-state index contributed by atoms with van der Waals surface area (Å²) >= 11 is 0. The Labute approximate surface area is 123 Å². The Morgan fingerprint density at radius 3 is 2.57 bits per heavy atom. The zero-order valence-electron chi connectivity index (χ0n) is 12.8. The molecule has 1 aromatic heterocycles. The van der Waals surface area contributed by atoms with Crippen LogP contribution in [0.15, 0.2) is 12.1 Å². The minimum atomic E-state index is -0.623. The molecule has 2 rings (SSSR count). The summed E-state index contributed by atoms with van der Waals surface area (Å²) in [6.45, 7) is 7.24. The average Bonchev–Trinajstić information content (AvgIpc) is 2.76. The van der Waals surface area contributed by atoms with Crippen molar-refractivity contribution in [2.45, 2.75) is 40.0 Å². The molecular weight excluding hydrogens is 272 g/mol. The maximum absolute atomic E-state index is 13.6. The number of H-pyrrole nitrogens is 1. The molecule has 0 saturated carbocycles. The number of hydrogen-bond acceptors (Lipinski definition) is 2. The molecule has 21 heavy (non-hydrogen) atoms. The quantitative estimate of drug-likeness (QED) is 0.882. The zero-order valence-corrected chi connectivity index (χ0v) is 12.8. The van der Waals surface area contributed by atoms with Crippen molar-refractivity contribution in [3.05, 3.63) is 29.6 Å². The van der Waals surface area contributed by atoms with E-state index in [1.54, 1.807) is 0 Å². The molecule has 2 aromatic rings. The summed E-state index contributed by atoms with van der Waals surface area (Å²) in [5.41, 5.74) is 6.46. The van der Waals surface area contributed by atoms with E-state index in [9.17, 15) is 8.78 Å². The maximum Gasteiger partial charge on any atom is 0.153 e. The van der Waals surface area contributed by atoms with Crippen molar-refractivity contribution >= 4 is 11.0 Å². The number of rotatable bonds is 5. The Balaban J connectivity index is 2.14. The third-order valence-corrected chi connectivity index (χ3v) is 4.02. The first-order chi connectivity index (χ1) is 9.81. The van der Waals surface area contributed by atoms with Crippen molar-refractivity contribution < 1.29 is 8.78 Å². The summed E-state index contributed by atoms with van der Waals surface area (Å²) in [5, 5.41) is 0. The van der Waals surface area contributed by atoms with Crippen molar-refractivity contribution in [3.8, 4) is 0 Å². The largest absolute Gasteiger partial charge is 0.342 e. The van der Waals surface area contributed by atoms with Crippen LogP contribution >= 0.6 is 0 Å². The maximum atomic E-state index is 13.6. The van der Waals surface area contributed by atoms with E-state index in [0.29, 0.717) is 30.2 Å². The molecular formula is C16H23F2N3. The second kappa shape index (κ2) is 6.10. The number of nitrogens with one attached hydrogen (secondary N) is 1. The Bertz CT molecular complexity index is 614. The van der Waals surface area contributed by atoms with Crippen LogP contribution in [0.1, 0.15) is 39.4 Å². The lowest BCUT2D eigenvalue weighted by atomic mass is 9.76. The molecule has 0 aliphatic carbocycles. The Morgan fingerprint density at radius 1 is 1.24 bits per heavy atom. The average molecular weight is 295 g/mol. The van der Waals surface area contributed by atoms with Crippen LogP contribution in [0.5, 0.6) is 0 Å². The summed E-state index contributed by atoms with van der Waals surface area (Å²) in [6.07, 6.45) is 2.58. The number of aromatic amines is 1. The van der Waals surface area contributed by atoms with Gasteiger partial charge in [0.2, 0.25) is 0 Å². The van der Waals surface area contributed by atoms with Gasteiger partial charge in [-0.1, -0.05) is 20.8 Å². The Kier molecular flexibility index (Phi) is 4.61. The lowest BCUT2D eigenvalue weighted by Gasteiger charge is -2.30. The van der Waals surface area contributed by atoms with E-state index in [0.717, 1.165) is 18.9 Å². The molecule has 1 unspecified atom stereocenters. The van der Waals surface area contributed by atoms with Crippen molar-refractivity contribution in [2.75, 3.05) is 6.54 Å². The number of fused-ring (bicyclic) bond motifs is 1. The molecule has 1 atom stereocenters. The zero-order chi connectivity index (χ0) is 15.6. The van der Waals surface area contributed by atoms with Gasteiger partial charge in [0, 0.05) is 12.5 Å². The highest BCUT2D eigenvalue weighted by molar-refractivity contribution is 5.75. The highest BCUT2D eigenvalue weighted by Crippen LogP contribution is 2.32. The van der Waals surface area contributed by atoms with E-state index in [-0.39, 0.29) is 10.9 Å². The topological polar surface area (TPSA) is 54.7 Å². The predicted molar refractivity (Wildman–Crippen MR) is 80.9 cm³/mol. The van der Waals surface area contributed by atoms with Crippen molar-refractivity contribution in [1.82, 2.24) is 9.97 Å². The van der Waals surface area contributed by atoms with Crippen LogP contribution < -0.4 is 5.73 Å². The molecule has 0 aliphatic rings. The van der Waals surface area contributed by atoms with Gasteiger partial charge in [-0.2, -0.15) is 0 Å². The highest BCUT2D eigenvalue weighted by Gasteiger charge is 2.24. The number of aryl methyl sites for hydroxylation is 1. The van der Waals surface area contributed by atoms with E-state index < -0.39 is 11.6 Å². The van der Waals surface area contributed by atoms with Crippen molar-refractivity contribution in [1.29, 1.82) is 0 Å². The van der Waals surface area contributed by atoms with Gasteiger partial charge in [0.1, 0.15) is 17.2 Å². The first-order valence-electron chi connectivity index (χ1n) is 7.35. The highest BCUT2D eigenvalue weighted by atomic mass is 19.1. The number of imidazole rings is 1. The molecule has 116 valence electrons. The van der Waals surface area contributed by atoms with E-state index in [1.807, 2.05) is 0 Å². The van der Waals surface area contributed by atoms with Crippen LogP contribution in [-0.4, -0.2) is 16.5 Å². The second-order valence-electron chi connectivity index (χ2n) is 6.65. The standard InChI is InChI=1S/C16H23F2N3/c1-16(2,3)10(6-7-19)4-5-14-20-13-9-11(17)8-12(18)15(13)21-14/h8-10H,4-7,19H2,1-3H3,(H,20,21). The second-order valence-corrected chi connectivity index (χ2v) is 6.65. The van der Waals surface area contributed by atoms with Crippen LogP contribution in [0.2, 0.25) is 0 Å². The fraction of sp³-hybridized carbons (Fsp3) is 0.562. The van der Waals surface area contributed by atoms with Crippen LogP contribution in [0.3, 0.4) is 0 Å². The summed E-state index contributed by atoms with van der Waals surface area (Å²) in [7, 11) is 0. The van der Waals surface area contributed by atoms with Gasteiger partial charge < -0.3 is 10.7 Å². The smallest absolute Gasteiger partial charge is 0.153 e. The van der Waals surface area contributed by atoms with Crippen LogP contribution in [0, 0.1) is 23.0 Å². The fourth-order valence-corrected chi connectivity index (χ4v) is 2.73. The first-order valence-corrected chi connectivity index (χ1v) is 7.35. The van der Waals surface area contributed by atoms with Crippen molar-refractivity contribution in [2.24, 2.45) is 17.1 Å². The molecule has 0 radical (unpaired) electrons. The number of hydrogen-bond donors (Lipinski definition) is 2. The van der Waals surface area contributed by atoms with Gasteiger partial charge in [-0.25, -0.2) is 13.8 Å². The molecule has 0 fully saturated rings. The summed E-state index contributed by atoms with van der Waals surface area (Å²) in [5.74, 6) is -0.0502. The Hall–Kier alpha value is -1.49. The third kappa shape index (κ3) is 3.79. The van der Waals surface area contributed by atoms with E-state index in [4.69, 9.17) is 5.73 Å². The molecule has 1 aromatic carbocycles. The monoisotopic (exact) mass is 295 g/mol. The number of nitrogens with two attached hydrogens (primary N) is 1. The molecule has 0 aliphatic heterocycles. The fourth-order valence-electron chi connectivity index (χ4n) is 2.73. The molecule has 1 heterocycles. The first kappa shape index (κ1) is 15.9. The third-order valence-electron chi connectivity index (χ3n) is 4.02. The molecule has 0 spiro atoms. The van der Waals surface area contributed by atoms with Gasteiger partial charge in [0.15, 0.2) is 5.82 Å². The number of halogens is 2. The molecule has 0 amide bonds. The van der Waals surface area contributed by atoms with Gasteiger partial charge in [0.25, 0.3) is 0 Å². The van der Waals surface area contributed by atoms with Gasteiger partial charge in [-0.3, -0.25) is 0 Å². The van der Waals surface area contributed by atoms with Crippen LogP contribution in [0.4, 0.5) is 8.78 Å². The van der Waals surface area contributed by atoms with Crippen molar-refractivity contribution in [3.63, 3.8) is 0 Å². The van der Waals surface area contributed by atoms with Gasteiger partial charge in [-0.15, -0.1) is 0 Å². The van der Waals surface area contributed by atoms with Crippen LogP contribution in [-0.2, 0) is 6.42 Å². The summed E-state index contributed by atoms with van der Waals surface area (Å²) < 4.78 is 26.8. The van der Waals surface area contributed by atoms with E-state index in [1.165, 1.54) is 6.07 Å². The summed E-state index contributed by atoms with van der Waals surface area (Å²) in [4.78, 5) is 7.24. The molecule has 3 N–H and O–H groups in total. The number of nitrogens with zero attached hydrogens (tertiary/aromatic N) is 1. The lowest BCUT2D eigenvalue weighted by Crippen LogP contribution is -2.24. The lowest BCUT2D eigenvalue weighted by molar-refractivity contribution is 0.214.